The van der Waals surface area contributed by atoms with E-state index < -0.39 is 5.60 Å². The third kappa shape index (κ3) is 5.04. The topological polar surface area (TPSA) is 67.3 Å². The lowest BCUT2D eigenvalue weighted by Crippen LogP contribution is -2.49. The van der Waals surface area contributed by atoms with Gasteiger partial charge in [0.2, 0.25) is 5.95 Å². The average molecular weight is 313 g/mol. The Balaban J connectivity index is 1.91. The van der Waals surface area contributed by atoms with E-state index >= 15 is 0 Å². The van der Waals surface area contributed by atoms with E-state index in [0.717, 1.165) is 19.4 Å². The Bertz CT molecular complexity index is 487. The molecule has 0 spiro atoms. The highest BCUT2D eigenvalue weighted by Crippen LogP contribution is 2.17. The molecular weight excluding hydrogens is 292 g/mol. The Morgan fingerprint density at radius 2 is 2.10 bits per heavy atom. The van der Waals surface area contributed by atoms with Gasteiger partial charge in [-0.25, -0.2) is 14.8 Å². The summed E-state index contributed by atoms with van der Waals surface area (Å²) in [6.45, 7) is 7.08. The molecule has 1 fully saturated rings. The van der Waals surface area contributed by atoms with Crippen molar-refractivity contribution in [2.75, 3.05) is 18.0 Å². The number of nitrogens with one attached hydrogen (secondary N) is 1. The molecule has 0 aromatic carbocycles. The van der Waals surface area contributed by atoms with Gasteiger partial charge in [-0.1, -0.05) is 11.6 Å². The quantitative estimate of drug-likeness (QED) is 0.909. The van der Waals surface area contributed by atoms with Gasteiger partial charge in [0, 0.05) is 19.1 Å². The molecule has 2 rings (SSSR count). The van der Waals surface area contributed by atoms with Crippen molar-refractivity contribution in [1.82, 2.24) is 15.3 Å². The first-order valence-electron chi connectivity index (χ1n) is 7.05. The van der Waals surface area contributed by atoms with Crippen LogP contribution in [0.25, 0.3) is 0 Å². The van der Waals surface area contributed by atoms with Crippen LogP contribution in [0, 0.1) is 0 Å². The molecule has 0 radical (unpaired) electrons. The molecule has 0 bridgehead atoms. The Kier molecular flexibility index (Phi) is 4.88. The third-order valence-electron chi connectivity index (χ3n) is 3.03. The molecule has 1 aliphatic heterocycles. The summed E-state index contributed by atoms with van der Waals surface area (Å²) >= 11 is 5.79. The molecule has 0 unspecified atom stereocenters. The molecule has 1 aromatic heterocycles. The highest BCUT2D eigenvalue weighted by Gasteiger charge is 2.25. The largest absolute Gasteiger partial charge is 0.444 e. The van der Waals surface area contributed by atoms with Crippen molar-refractivity contribution in [3.63, 3.8) is 0 Å². The minimum absolute atomic E-state index is 0.0351. The average Bonchev–Trinajstić information content (AvgIpc) is 2.37. The second kappa shape index (κ2) is 6.47. The third-order valence-corrected chi connectivity index (χ3v) is 3.23. The Morgan fingerprint density at radius 3 is 2.71 bits per heavy atom. The molecule has 0 aliphatic carbocycles. The number of aromatic nitrogens is 2. The SMILES string of the molecule is CC(C)(C)OC(=O)N[C@@H]1CCCN(c2ncc(Cl)cn2)C1. The number of carbonyl (C=O) groups excluding carboxylic acids is 1. The zero-order valence-corrected chi connectivity index (χ0v) is 13.4. The predicted octanol–water partition coefficient (Wildman–Crippen LogP) is 2.62. The molecular formula is C14H21ClN4O2. The van der Waals surface area contributed by atoms with Crippen molar-refractivity contribution >= 4 is 23.6 Å². The molecule has 1 amide bonds. The fraction of sp³-hybridized carbons (Fsp3) is 0.643. The van der Waals surface area contributed by atoms with Crippen LogP contribution in [0.5, 0.6) is 0 Å². The minimum Gasteiger partial charge on any atom is -0.444 e. The fourth-order valence-electron chi connectivity index (χ4n) is 2.22. The number of alkyl carbamates (subject to hydrolysis) is 1. The number of nitrogens with zero attached hydrogens (tertiary/aromatic N) is 3. The van der Waals surface area contributed by atoms with Crippen LogP contribution in [0.1, 0.15) is 33.6 Å². The van der Waals surface area contributed by atoms with Gasteiger partial charge in [0.15, 0.2) is 0 Å². The molecule has 2 heterocycles. The van der Waals surface area contributed by atoms with Crippen LogP contribution in [-0.2, 0) is 4.74 Å². The van der Waals surface area contributed by atoms with E-state index in [1.54, 1.807) is 12.4 Å². The number of hydrogen-bond acceptors (Lipinski definition) is 5. The lowest BCUT2D eigenvalue weighted by Gasteiger charge is -2.33. The predicted molar refractivity (Wildman–Crippen MR) is 81.6 cm³/mol. The van der Waals surface area contributed by atoms with Crippen molar-refractivity contribution in [2.24, 2.45) is 0 Å². The van der Waals surface area contributed by atoms with Crippen LogP contribution in [0.15, 0.2) is 12.4 Å². The van der Waals surface area contributed by atoms with Crippen molar-refractivity contribution in [2.45, 2.75) is 45.3 Å². The van der Waals surface area contributed by atoms with Gasteiger partial charge in [-0.15, -0.1) is 0 Å². The summed E-state index contributed by atoms with van der Waals surface area (Å²) in [5.41, 5.74) is -0.488. The van der Waals surface area contributed by atoms with Crippen LogP contribution in [0.2, 0.25) is 5.02 Å². The number of carbonyl (C=O) groups is 1. The normalized spacial score (nSPS) is 19.2. The lowest BCUT2D eigenvalue weighted by atomic mass is 10.1. The second-order valence-corrected chi connectivity index (χ2v) is 6.57. The molecule has 0 saturated carbocycles. The van der Waals surface area contributed by atoms with Crippen molar-refractivity contribution in [3.05, 3.63) is 17.4 Å². The maximum atomic E-state index is 11.8. The Labute approximate surface area is 129 Å². The number of hydrogen-bond donors (Lipinski definition) is 1. The van der Waals surface area contributed by atoms with Crippen LogP contribution >= 0.6 is 11.6 Å². The maximum Gasteiger partial charge on any atom is 0.407 e. The molecule has 1 saturated heterocycles. The first-order valence-corrected chi connectivity index (χ1v) is 7.43. The number of rotatable bonds is 2. The van der Waals surface area contributed by atoms with Gasteiger partial charge in [-0.2, -0.15) is 0 Å². The number of piperidine rings is 1. The van der Waals surface area contributed by atoms with Gasteiger partial charge < -0.3 is 15.0 Å². The number of ether oxygens (including phenoxy) is 1. The summed E-state index contributed by atoms with van der Waals surface area (Å²) in [4.78, 5) is 22.3. The molecule has 21 heavy (non-hydrogen) atoms. The Hall–Kier alpha value is -1.56. The van der Waals surface area contributed by atoms with E-state index in [9.17, 15) is 4.79 Å². The Morgan fingerprint density at radius 1 is 1.43 bits per heavy atom. The van der Waals surface area contributed by atoms with Crippen LogP contribution < -0.4 is 10.2 Å². The van der Waals surface area contributed by atoms with Gasteiger partial charge in [0.05, 0.1) is 17.4 Å². The monoisotopic (exact) mass is 312 g/mol. The van der Waals surface area contributed by atoms with E-state index in [0.29, 0.717) is 17.5 Å². The molecule has 1 aromatic rings. The molecule has 116 valence electrons. The summed E-state index contributed by atoms with van der Waals surface area (Å²) in [6, 6.07) is 0.0351. The minimum atomic E-state index is -0.488. The van der Waals surface area contributed by atoms with Crippen LogP contribution in [0.3, 0.4) is 0 Å². The maximum absolute atomic E-state index is 11.8. The van der Waals surface area contributed by atoms with Gasteiger partial charge in [-0.05, 0) is 33.6 Å². The molecule has 1 aliphatic rings. The van der Waals surface area contributed by atoms with Crippen LogP contribution in [-0.4, -0.2) is 40.8 Å². The van der Waals surface area contributed by atoms with E-state index in [4.69, 9.17) is 16.3 Å². The summed E-state index contributed by atoms with van der Waals surface area (Å²) in [7, 11) is 0. The number of amides is 1. The van der Waals surface area contributed by atoms with Crippen molar-refractivity contribution in [1.29, 1.82) is 0 Å². The first-order chi connectivity index (χ1) is 9.83. The van der Waals surface area contributed by atoms with E-state index in [2.05, 4.69) is 15.3 Å². The summed E-state index contributed by atoms with van der Waals surface area (Å²) in [6.07, 6.45) is 4.66. The number of halogens is 1. The van der Waals surface area contributed by atoms with Crippen molar-refractivity contribution in [3.8, 4) is 0 Å². The van der Waals surface area contributed by atoms with E-state index in [-0.39, 0.29) is 12.1 Å². The van der Waals surface area contributed by atoms with Gasteiger partial charge in [0.1, 0.15) is 5.60 Å². The fourth-order valence-corrected chi connectivity index (χ4v) is 2.32. The highest BCUT2D eigenvalue weighted by atomic mass is 35.5. The van der Waals surface area contributed by atoms with Gasteiger partial charge in [0.25, 0.3) is 0 Å². The van der Waals surface area contributed by atoms with E-state index in [1.807, 2.05) is 25.7 Å². The first kappa shape index (κ1) is 15.8. The van der Waals surface area contributed by atoms with E-state index in [1.165, 1.54) is 0 Å². The molecule has 1 N–H and O–H groups in total. The van der Waals surface area contributed by atoms with Crippen molar-refractivity contribution < 1.29 is 9.53 Å². The molecule has 1 atom stereocenters. The molecule has 7 heteroatoms. The lowest BCUT2D eigenvalue weighted by molar-refractivity contribution is 0.0500. The van der Waals surface area contributed by atoms with Gasteiger partial charge in [-0.3, -0.25) is 0 Å². The highest BCUT2D eigenvalue weighted by molar-refractivity contribution is 6.30. The number of anilines is 1. The summed E-state index contributed by atoms with van der Waals surface area (Å²) < 4.78 is 5.28. The van der Waals surface area contributed by atoms with Gasteiger partial charge >= 0.3 is 6.09 Å². The summed E-state index contributed by atoms with van der Waals surface area (Å²) in [5.74, 6) is 0.634. The molecule has 6 nitrogen and oxygen atoms in total. The summed E-state index contributed by atoms with van der Waals surface area (Å²) in [5, 5.41) is 3.42. The zero-order valence-electron chi connectivity index (χ0n) is 12.6. The van der Waals surface area contributed by atoms with Crippen LogP contribution in [0.4, 0.5) is 10.7 Å². The second-order valence-electron chi connectivity index (χ2n) is 6.13. The zero-order chi connectivity index (χ0) is 15.5. The smallest absolute Gasteiger partial charge is 0.407 e. The standard InChI is InChI=1S/C14H21ClN4O2/c1-14(2,3)21-13(20)18-11-5-4-6-19(9-11)12-16-7-10(15)8-17-12/h7-8,11H,4-6,9H2,1-3H3,(H,18,20)/t11-/m1/s1.